The van der Waals surface area contributed by atoms with E-state index in [0.717, 1.165) is 43.0 Å². The highest BCUT2D eigenvalue weighted by molar-refractivity contribution is 6.33. The Balaban J connectivity index is 1.05. The molecule has 0 saturated carbocycles. The molecule has 264 valence electrons. The van der Waals surface area contributed by atoms with Gasteiger partial charge < -0.3 is 30.7 Å². The van der Waals surface area contributed by atoms with Gasteiger partial charge in [-0.25, -0.2) is 9.59 Å². The number of carbonyl (C=O) groups is 2. The van der Waals surface area contributed by atoms with Crippen molar-refractivity contribution in [2.24, 2.45) is 0 Å². The zero-order chi connectivity index (χ0) is 34.6. The van der Waals surface area contributed by atoms with Gasteiger partial charge in [0.25, 0.3) is 0 Å². The van der Waals surface area contributed by atoms with E-state index in [-0.39, 0.29) is 34.6 Å². The van der Waals surface area contributed by atoms with Crippen molar-refractivity contribution < 1.29 is 22.8 Å². The van der Waals surface area contributed by atoms with Crippen molar-refractivity contribution in [1.82, 2.24) is 34.5 Å². The predicted octanol–water partition coefficient (Wildman–Crippen LogP) is 3.92. The predicted molar refractivity (Wildman–Crippen MR) is 180 cm³/mol. The number of nitrogens with zero attached hydrogens (tertiary/aromatic N) is 5. The van der Waals surface area contributed by atoms with Crippen LogP contribution >= 0.6 is 11.6 Å². The SMILES string of the molecule is CN1CC2CC1CN2C1CCN(C(=O)[C@@H](Cc2cc(Cl)c(N)c(C(F)(F)F)c2)NC(=O)N2CCC(n3c(=O)[nH]c4ccccc43)CC2)CC1. The van der Waals surface area contributed by atoms with Crippen LogP contribution in [0.4, 0.5) is 23.7 Å². The van der Waals surface area contributed by atoms with Crippen LogP contribution in [0.2, 0.25) is 5.02 Å². The standard InChI is InChI=1S/C34H42ClF3N8O3/c1-42-18-24-17-23(42)19-45(24)21-6-10-43(11-7-21)31(47)28(16-20-14-25(34(36,37)38)30(39)26(35)15-20)41-32(48)44-12-8-22(9-13-44)46-29-5-3-2-4-27(29)40-33(46)49/h2-5,14-15,21-24,28H,6-13,16-19,39H2,1H3,(H,40,49)(H,41,48)/t23?,24?,28-/m1/s1. The van der Waals surface area contributed by atoms with E-state index in [1.807, 2.05) is 24.3 Å². The molecule has 49 heavy (non-hydrogen) atoms. The van der Waals surface area contributed by atoms with E-state index in [4.69, 9.17) is 17.3 Å². The molecule has 5 heterocycles. The number of H-pyrrole nitrogens is 1. The van der Waals surface area contributed by atoms with E-state index in [0.29, 0.717) is 57.1 Å². The van der Waals surface area contributed by atoms with Gasteiger partial charge in [-0.2, -0.15) is 13.2 Å². The average Bonchev–Trinajstić information content (AvgIpc) is 3.76. The first-order chi connectivity index (χ1) is 23.4. The summed E-state index contributed by atoms with van der Waals surface area (Å²) in [6.07, 6.45) is -1.11. The summed E-state index contributed by atoms with van der Waals surface area (Å²) < 4.78 is 43.2. The molecule has 4 aliphatic heterocycles. The fourth-order valence-corrected chi connectivity index (χ4v) is 8.69. The number of rotatable bonds is 6. The molecular weight excluding hydrogens is 661 g/mol. The molecule has 3 amide bonds. The summed E-state index contributed by atoms with van der Waals surface area (Å²) in [4.78, 5) is 51.7. The van der Waals surface area contributed by atoms with E-state index in [2.05, 4.69) is 27.1 Å². The number of fused-ring (bicyclic) bond motifs is 3. The Morgan fingerprint density at radius 2 is 1.65 bits per heavy atom. The summed E-state index contributed by atoms with van der Waals surface area (Å²) >= 11 is 6.13. The van der Waals surface area contributed by atoms with E-state index in [1.54, 1.807) is 14.4 Å². The summed E-state index contributed by atoms with van der Waals surface area (Å²) in [5.74, 6) is -0.337. The number of likely N-dealkylation sites (N-methyl/N-ethyl adjacent to an activating group) is 1. The lowest BCUT2D eigenvalue weighted by molar-refractivity contribution is -0.137. The van der Waals surface area contributed by atoms with Gasteiger partial charge in [-0.1, -0.05) is 23.7 Å². The second-order valence-electron chi connectivity index (χ2n) is 14.0. The first-order valence-corrected chi connectivity index (χ1v) is 17.4. The normalized spacial score (nSPS) is 23.4. The number of nitrogens with two attached hydrogens (primary N) is 1. The van der Waals surface area contributed by atoms with Gasteiger partial charge in [0.15, 0.2) is 0 Å². The Bertz CT molecular complexity index is 1780. The van der Waals surface area contributed by atoms with Gasteiger partial charge in [-0.3, -0.25) is 14.3 Å². The molecule has 2 unspecified atom stereocenters. The van der Waals surface area contributed by atoms with Crippen LogP contribution in [0, 0.1) is 0 Å². The molecular formula is C34H42ClF3N8O3. The molecule has 4 fully saturated rings. The van der Waals surface area contributed by atoms with Crippen LogP contribution in [-0.2, 0) is 17.4 Å². The summed E-state index contributed by atoms with van der Waals surface area (Å²) in [7, 11) is 2.16. The van der Waals surface area contributed by atoms with Crippen molar-refractivity contribution in [2.75, 3.05) is 52.0 Å². The molecule has 0 radical (unpaired) electrons. The fourth-order valence-electron chi connectivity index (χ4n) is 8.45. The number of alkyl halides is 3. The quantitative estimate of drug-likeness (QED) is 0.335. The third kappa shape index (κ3) is 6.62. The molecule has 0 aliphatic carbocycles. The lowest BCUT2D eigenvalue weighted by atomic mass is 9.98. The summed E-state index contributed by atoms with van der Waals surface area (Å²) in [5.41, 5.74) is 5.51. The Kier molecular flexibility index (Phi) is 9.07. The molecule has 0 spiro atoms. The van der Waals surface area contributed by atoms with Gasteiger partial charge in [0, 0.05) is 69.9 Å². The maximum Gasteiger partial charge on any atom is 0.418 e. The Morgan fingerprint density at radius 1 is 0.980 bits per heavy atom. The average molecular weight is 703 g/mol. The number of benzene rings is 2. The first kappa shape index (κ1) is 33.7. The van der Waals surface area contributed by atoms with Crippen molar-refractivity contribution >= 4 is 40.3 Å². The number of aromatic amines is 1. The van der Waals surface area contributed by atoms with Gasteiger partial charge >= 0.3 is 17.9 Å². The second kappa shape index (κ2) is 13.2. The zero-order valence-electron chi connectivity index (χ0n) is 27.4. The molecule has 4 aliphatic rings. The van der Waals surface area contributed by atoms with Gasteiger partial charge in [0.1, 0.15) is 6.04 Å². The van der Waals surface area contributed by atoms with E-state index >= 15 is 0 Å². The number of piperidine rings is 2. The number of piperazine rings is 1. The minimum Gasteiger partial charge on any atom is -0.397 e. The molecule has 3 atom stereocenters. The Labute approximate surface area is 287 Å². The van der Waals surface area contributed by atoms with Crippen LogP contribution in [0.15, 0.2) is 41.2 Å². The number of urea groups is 1. The van der Waals surface area contributed by atoms with Crippen molar-refractivity contribution in [3.05, 3.63) is 63.0 Å². The maximum atomic E-state index is 14.1. The second-order valence-corrected chi connectivity index (χ2v) is 14.4. The molecule has 4 saturated heterocycles. The van der Waals surface area contributed by atoms with Gasteiger partial charge in [-0.05, 0) is 69.0 Å². The van der Waals surface area contributed by atoms with Gasteiger partial charge in [0.2, 0.25) is 5.91 Å². The van der Waals surface area contributed by atoms with Crippen molar-refractivity contribution in [1.29, 1.82) is 0 Å². The van der Waals surface area contributed by atoms with Crippen LogP contribution in [0.25, 0.3) is 11.0 Å². The number of amides is 3. The lowest BCUT2D eigenvalue weighted by Crippen LogP contribution is -2.57. The summed E-state index contributed by atoms with van der Waals surface area (Å²) in [6.45, 7) is 3.77. The Hall–Kier alpha value is -3.75. The molecule has 4 N–H and O–H groups in total. The monoisotopic (exact) mass is 702 g/mol. The van der Waals surface area contributed by atoms with Crippen LogP contribution in [0.5, 0.6) is 0 Å². The lowest BCUT2D eigenvalue weighted by Gasteiger charge is -2.42. The molecule has 3 aromatic rings. The molecule has 2 aromatic carbocycles. The number of nitrogens with one attached hydrogen (secondary N) is 2. The fraction of sp³-hybridized carbons (Fsp3) is 0.559. The van der Waals surface area contributed by atoms with Crippen LogP contribution in [0.3, 0.4) is 0 Å². The van der Waals surface area contributed by atoms with Gasteiger partial charge in [0.05, 0.1) is 27.3 Å². The number of hydrogen-bond acceptors (Lipinski definition) is 6. The van der Waals surface area contributed by atoms with Crippen molar-refractivity contribution in [2.45, 2.75) is 74.9 Å². The van der Waals surface area contributed by atoms with Crippen molar-refractivity contribution in [3.8, 4) is 0 Å². The van der Waals surface area contributed by atoms with Crippen LogP contribution < -0.4 is 16.7 Å². The number of hydrogen-bond donors (Lipinski definition) is 3. The van der Waals surface area contributed by atoms with Crippen LogP contribution in [-0.4, -0.2) is 112 Å². The van der Waals surface area contributed by atoms with Crippen LogP contribution in [0.1, 0.15) is 49.3 Å². The minimum atomic E-state index is -4.74. The Morgan fingerprint density at radius 3 is 2.31 bits per heavy atom. The van der Waals surface area contributed by atoms with Gasteiger partial charge in [-0.15, -0.1) is 0 Å². The smallest absolute Gasteiger partial charge is 0.397 e. The molecule has 15 heteroatoms. The largest absolute Gasteiger partial charge is 0.418 e. The molecule has 2 bridgehead atoms. The number of aromatic nitrogens is 2. The zero-order valence-corrected chi connectivity index (χ0v) is 28.1. The number of para-hydroxylation sites is 2. The number of halogens is 4. The number of carbonyl (C=O) groups excluding carboxylic acids is 2. The first-order valence-electron chi connectivity index (χ1n) is 17.0. The van der Waals surface area contributed by atoms with E-state index in [9.17, 15) is 27.6 Å². The maximum absolute atomic E-state index is 14.1. The topological polar surface area (TPSA) is 123 Å². The molecule has 7 rings (SSSR count). The third-order valence-corrected chi connectivity index (χ3v) is 11.4. The number of imidazole rings is 1. The molecule has 1 aromatic heterocycles. The molecule has 11 nitrogen and oxygen atoms in total. The number of anilines is 1. The minimum absolute atomic E-state index is 0.115. The summed E-state index contributed by atoms with van der Waals surface area (Å²) in [6, 6.07) is 9.46. The highest BCUT2D eigenvalue weighted by Gasteiger charge is 2.45. The number of nitrogen functional groups attached to an aromatic ring is 1. The van der Waals surface area contributed by atoms with E-state index < -0.39 is 29.5 Å². The third-order valence-electron chi connectivity index (χ3n) is 11.1. The summed E-state index contributed by atoms with van der Waals surface area (Å²) in [5, 5.41) is 2.60. The number of likely N-dealkylation sites (tertiary alicyclic amines) is 4. The van der Waals surface area contributed by atoms with Crippen molar-refractivity contribution in [3.63, 3.8) is 0 Å². The highest BCUT2D eigenvalue weighted by atomic mass is 35.5. The van der Waals surface area contributed by atoms with E-state index in [1.165, 1.54) is 12.5 Å². The highest BCUT2D eigenvalue weighted by Crippen LogP contribution is 2.38.